The fourth-order valence-electron chi connectivity index (χ4n) is 10.5. The Morgan fingerprint density at radius 2 is 0.929 bits per heavy atom. The number of aromatic nitrogens is 4. The minimum absolute atomic E-state index is 0.257. The molecule has 0 spiro atoms. The van der Waals surface area contributed by atoms with Crippen LogP contribution >= 0.6 is 23.2 Å². The normalized spacial score (nSPS) is 15.0. The van der Waals surface area contributed by atoms with E-state index >= 15 is 0 Å². The molecular formula is C63H70Cl2F6N10O4. The van der Waals surface area contributed by atoms with Crippen molar-refractivity contribution in [3.05, 3.63) is 166 Å². The Balaban J connectivity index is 0.000000206. The van der Waals surface area contributed by atoms with Gasteiger partial charge in [0.2, 0.25) is 0 Å². The molecule has 2 aromatic heterocycles. The second-order valence-electron chi connectivity index (χ2n) is 22.2. The highest BCUT2D eigenvalue weighted by molar-refractivity contribution is 6.31. The van der Waals surface area contributed by atoms with Crippen molar-refractivity contribution < 1.29 is 45.3 Å². The molecule has 2 aliphatic heterocycles. The zero-order chi connectivity index (χ0) is 60.3. The molecule has 1 amide bonds. The first-order valence-electron chi connectivity index (χ1n) is 28.4. The average Bonchev–Trinajstić information content (AvgIpc) is 1.95. The van der Waals surface area contributed by atoms with Crippen LogP contribution in [0.5, 0.6) is 11.5 Å². The lowest BCUT2D eigenvalue weighted by molar-refractivity contribution is -0.275. The van der Waals surface area contributed by atoms with E-state index in [0.717, 1.165) is 145 Å². The minimum Gasteiger partial charge on any atom is -0.444 e. The summed E-state index contributed by atoms with van der Waals surface area (Å²) in [5.74, 6) is -0.546. The van der Waals surface area contributed by atoms with Gasteiger partial charge in [0, 0.05) is 130 Å². The van der Waals surface area contributed by atoms with E-state index in [2.05, 4.69) is 76.9 Å². The number of hydrogen-bond acceptors (Lipinski definition) is 11. The quantitative estimate of drug-likeness (QED) is 0.0592. The smallest absolute Gasteiger partial charge is 0.444 e. The number of aryl methyl sites for hydroxylation is 2. The highest BCUT2D eigenvalue weighted by Crippen LogP contribution is 2.35. The number of rotatable bonds is 19. The van der Waals surface area contributed by atoms with E-state index in [4.69, 9.17) is 43.9 Å². The maximum atomic E-state index is 12.7. The van der Waals surface area contributed by atoms with Crippen molar-refractivity contribution in [2.75, 3.05) is 65.4 Å². The standard InChI is InChI=1S/C34H39ClF3N5O3.C29H31ClF3N5O/c1-33(2,3)46-32(44)39-15-6-16-43-30-14-9-24(22-41-17-19-42(20-18-41)23-26-7-4-5-8-29(26)35)21-28(30)31(40-43)25-10-12-27(13-11-25)45-34(36,37)38;30-26-5-2-1-4-23(26)20-37-16-14-36(15-17-37)19-21-6-11-27-25(18-21)28(35-38(27)13-3-12-34)22-7-9-24(10-8-22)39-29(31,32)33/h4-5,7-14,21H,6,15-20,22-23H2,1-3H3,(H,39,44);1-2,4-11,18H,3,12-17,19-20,34H2. The van der Waals surface area contributed by atoms with Gasteiger partial charge < -0.3 is 25.3 Å². The molecule has 0 saturated carbocycles. The third kappa shape index (κ3) is 18.1. The number of piperazine rings is 2. The second kappa shape index (κ2) is 28.1. The van der Waals surface area contributed by atoms with Crippen LogP contribution in [0.3, 0.4) is 0 Å². The van der Waals surface area contributed by atoms with Gasteiger partial charge in [0.1, 0.15) is 28.5 Å². The van der Waals surface area contributed by atoms with E-state index in [1.807, 2.05) is 72.6 Å². The molecule has 8 aromatic rings. The Labute approximate surface area is 500 Å². The molecule has 0 bridgehead atoms. The van der Waals surface area contributed by atoms with Crippen LogP contribution in [0.15, 0.2) is 133 Å². The van der Waals surface area contributed by atoms with E-state index in [1.165, 1.54) is 29.8 Å². The van der Waals surface area contributed by atoms with Crippen molar-refractivity contribution >= 4 is 51.1 Å². The molecule has 3 N–H and O–H groups in total. The Kier molecular flexibility index (Phi) is 20.7. The number of alkyl halides is 6. The van der Waals surface area contributed by atoms with E-state index in [-0.39, 0.29) is 11.5 Å². The zero-order valence-electron chi connectivity index (χ0n) is 47.7. The van der Waals surface area contributed by atoms with Gasteiger partial charge in [0.25, 0.3) is 0 Å². The molecule has 6 aromatic carbocycles. The van der Waals surface area contributed by atoms with E-state index in [9.17, 15) is 31.1 Å². The highest BCUT2D eigenvalue weighted by Gasteiger charge is 2.32. The van der Waals surface area contributed by atoms with Crippen molar-refractivity contribution in [1.29, 1.82) is 0 Å². The predicted octanol–water partition coefficient (Wildman–Crippen LogP) is 13.4. The van der Waals surface area contributed by atoms with Crippen molar-refractivity contribution in [1.82, 2.24) is 44.5 Å². The number of carbonyl (C=O) groups excluding carboxylic acids is 1. The van der Waals surface area contributed by atoms with Gasteiger partial charge in [0.15, 0.2) is 0 Å². The predicted molar refractivity (Wildman–Crippen MR) is 320 cm³/mol. The number of hydrogen-bond donors (Lipinski definition) is 2. The summed E-state index contributed by atoms with van der Waals surface area (Å²) in [5.41, 5.74) is 14.4. The van der Waals surface area contributed by atoms with Crippen molar-refractivity contribution in [2.45, 2.75) is 91.2 Å². The Hall–Kier alpha value is -6.91. The van der Waals surface area contributed by atoms with Crippen molar-refractivity contribution in [2.24, 2.45) is 5.73 Å². The molecule has 452 valence electrons. The van der Waals surface area contributed by atoms with Gasteiger partial charge in [-0.15, -0.1) is 26.3 Å². The molecule has 0 aliphatic carbocycles. The van der Waals surface area contributed by atoms with Gasteiger partial charge in [-0.3, -0.25) is 29.0 Å². The number of amides is 1. The summed E-state index contributed by atoms with van der Waals surface area (Å²) in [6.07, 6.45) is -8.59. The number of alkyl carbamates (subject to hydrolysis) is 1. The molecule has 2 fully saturated rings. The second-order valence-corrected chi connectivity index (χ2v) is 23.0. The number of benzene rings is 6. The fraction of sp³-hybridized carbons (Fsp3) is 0.381. The van der Waals surface area contributed by atoms with Crippen LogP contribution in [0.25, 0.3) is 44.3 Å². The SMILES string of the molecule is CC(C)(C)OC(=O)NCCCn1nc(-c2ccc(OC(F)(F)F)cc2)c2cc(CN3CCN(Cc4ccccc4Cl)CC3)ccc21.NCCCn1nc(-c2ccc(OC(F)(F)F)cc2)c2cc(CN3CCN(Cc4ccccc4Cl)CC3)ccc21. The third-order valence-corrected chi connectivity index (χ3v) is 15.3. The number of carbonyl (C=O) groups is 1. The van der Waals surface area contributed by atoms with Crippen LogP contribution in [0.2, 0.25) is 10.0 Å². The summed E-state index contributed by atoms with van der Waals surface area (Å²) in [5, 5.41) is 15.9. The van der Waals surface area contributed by atoms with Crippen LogP contribution in [-0.2, 0) is 44.0 Å². The van der Waals surface area contributed by atoms with E-state index in [0.29, 0.717) is 43.9 Å². The molecule has 4 heterocycles. The van der Waals surface area contributed by atoms with Gasteiger partial charge >= 0.3 is 18.8 Å². The Morgan fingerprint density at radius 1 is 0.541 bits per heavy atom. The molecule has 0 unspecified atom stereocenters. The maximum absolute atomic E-state index is 12.7. The average molecular weight is 1220 g/mol. The van der Waals surface area contributed by atoms with Crippen molar-refractivity contribution in [3.8, 4) is 34.0 Å². The maximum Gasteiger partial charge on any atom is 0.573 e. The lowest BCUT2D eigenvalue weighted by atomic mass is 10.0. The monoisotopic (exact) mass is 1210 g/mol. The zero-order valence-corrected chi connectivity index (χ0v) is 49.3. The number of nitrogens with one attached hydrogen (secondary N) is 1. The van der Waals surface area contributed by atoms with E-state index in [1.54, 1.807) is 24.3 Å². The molecule has 0 atom stereocenters. The fourth-order valence-corrected chi connectivity index (χ4v) is 10.9. The first kappa shape index (κ1) is 62.6. The number of nitrogens with zero attached hydrogens (tertiary/aromatic N) is 8. The highest BCUT2D eigenvalue weighted by atomic mass is 35.5. The summed E-state index contributed by atoms with van der Waals surface area (Å²) in [7, 11) is 0. The number of fused-ring (bicyclic) bond motifs is 2. The topological polar surface area (TPSA) is 131 Å². The van der Waals surface area contributed by atoms with Crippen LogP contribution < -0.4 is 20.5 Å². The summed E-state index contributed by atoms with van der Waals surface area (Å²) in [4.78, 5) is 21.7. The summed E-state index contributed by atoms with van der Waals surface area (Å²) < 4.78 is 93.3. The Bertz CT molecular complexity index is 3480. The van der Waals surface area contributed by atoms with Crippen LogP contribution in [0, 0.1) is 0 Å². The summed E-state index contributed by atoms with van der Waals surface area (Å²) >= 11 is 12.7. The first-order valence-corrected chi connectivity index (χ1v) is 29.1. The molecule has 14 nitrogen and oxygen atoms in total. The van der Waals surface area contributed by atoms with Gasteiger partial charge in [-0.2, -0.15) is 10.2 Å². The molecule has 0 radical (unpaired) electrons. The lowest BCUT2D eigenvalue weighted by Crippen LogP contribution is -2.45. The van der Waals surface area contributed by atoms with Crippen LogP contribution in [-0.4, -0.2) is 129 Å². The molecule has 10 rings (SSSR count). The van der Waals surface area contributed by atoms with Gasteiger partial charge in [-0.05, 0) is 147 Å². The minimum atomic E-state index is -4.77. The van der Waals surface area contributed by atoms with Crippen LogP contribution in [0.1, 0.15) is 55.9 Å². The molecule has 22 heteroatoms. The van der Waals surface area contributed by atoms with Gasteiger partial charge in [0.05, 0.1) is 11.0 Å². The molecular weight excluding hydrogens is 1150 g/mol. The number of ether oxygens (including phenoxy) is 3. The molecule has 2 aliphatic rings. The number of halogens is 8. The first-order chi connectivity index (χ1) is 40.6. The lowest BCUT2D eigenvalue weighted by Gasteiger charge is -2.35. The van der Waals surface area contributed by atoms with Crippen molar-refractivity contribution in [3.63, 3.8) is 0 Å². The van der Waals surface area contributed by atoms with Crippen LogP contribution in [0.4, 0.5) is 31.1 Å². The summed E-state index contributed by atoms with van der Waals surface area (Å²) in [6.45, 7) is 18.3. The summed E-state index contributed by atoms with van der Waals surface area (Å²) in [6, 6.07) is 40.1. The van der Waals surface area contributed by atoms with E-state index < -0.39 is 24.4 Å². The van der Waals surface area contributed by atoms with Gasteiger partial charge in [-0.1, -0.05) is 71.7 Å². The molecule has 85 heavy (non-hydrogen) atoms. The third-order valence-electron chi connectivity index (χ3n) is 14.6. The largest absolute Gasteiger partial charge is 0.573 e. The Morgan fingerprint density at radius 3 is 1.31 bits per heavy atom. The number of nitrogens with two attached hydrogens (primary N) is 1. The molecule has 2 saturated heterocycles. The van der Waals surface area contributed by atoms with Gasteiger partial charge in [-0.25, -0.2) is 4.79 Å².